The quantitative estimate of drug-likeness (QED) is 0.712. The number of benzene rings is 2. The Balaban J connectivity index is 1.45. The minimum absolute atomic E-state index is 0.0411. The Kier molecular flexibility index (Phi) is 6.78. The monoisotopic (exact) mass is 441 g/mol. The van der Waals surface area contributed by atoms with Crippen LogP contribution in [0.15, 0.2) is 48.5 Å². The maximum Gasteiger partial charge on any atom is 0.227 e. The van der Waals surface area contributed by atoms with Gasteiger partial charge in [0.1, 0.15) is 5.75 Å². The Bertz CT molecular complexity index is 945. The van der Waals surface area contributed by atoms with E-state index >= 15 is 0 Å². The van der Waals surface area contributed by atoms with Crippen LogP contribution in [0.25, 0.3) is 0 Å². The predicted octanol–water partition coefficient (Wildman–Crippen LogP) is 3.65. The van der Waals surface area contributed by atoms with Crippen LogP contribution in [-0.4, -0.2) is 50.0 Å². The van der Waals surface area contributed by atoms with Crippen molar-refractivity contribution < 1.29 is 14.3 Å². The second kappa shape index (κ2) is 9.71. The van der Waals surface area contributed by atoms with E-state index in [4.69, 9.17) is 16.3 Å². The van der Waals surface area contributed by atoms with Crippen molar-refractivity contribution in [2.24, 2.45) is 5.92 Å². The highest BCUT2D eigenvalue weighted by Crippen LogP contribution is 2.33. The van der Waals surface area contributed by atoms with Gasteiger partial charge in [-0.3, -0.25) is 14.5 Å². The largest absolute Gasteiger partial charge is 0.496 e. The molecule has 2 aliphatic rings. The smallest absolute Gasteiger partial charge is 0.227 e. The number of amides is 2. The number of hydrogen-bond donors (Lipinski definition) is 1. The van der Waals surface area contributed by atoms with Gasteiger partial charge >= 0.3 is 0 Å². The molecule has 0 radical (unpaired) electrons. The molecule has 2 aromatic carbocycles. The molecule has 2 fully saturated rings. The molecule has 7 heteroatoms. The van der Waals surface area contributed by atoms with Crippen LogP contribution >= 0.6 is 11.6 Å². The summed E-state index contributed by atoms with van der Waals surface area (Å²) in [4.78, 5) is 29.6. The SMILES string of the molecule is COc1ccccc1C(CNC(=O)C1CC(=O)N(c2ccccc2Cl)C1)N1CCCC1. The molecule has 0 spiro atoms. The van der Waals surface area contributed by atoms with Gasteiger partial charge in [0.05, 0.1) is 29.8 Å². The first kappa shape index (κ1) is 21.7. The molecule has 0 aromatic heterocycles. The summed E-state index contributed by atoms with van der Waals surface area (Å²) in [6, 6.07) is 15.2. The topological polar surface area (TPSA) is 61.9 Å². The van der Waals surface area contributed by atoms with Crippen LogP contribution in [-0.2, 0) is 9.59 Å². The molecule has 2 saturated heterocycles. The molecule has 0 bridgehead atoms. The van der Waals surface area contributed by atoms with Gasteiger partial charge in [0.2, 0.25) is 11.8 Å². The first-order valence-corrected chi connectivity index (χ1v) is 11.2. The van der Waals surface area contributed by atoms with Gasteiger partial charge in [0.25, 0.3) is 0 Å². The lowest BCUT2D eigenvalue weighted by Crippen LogP contribution is -2.40. The Morgan fingerprint density at radius 1 is 1.16 bits per heavy atom. The molecule has 6 nitrogen and oxygen atoms in total. The number of nitrogens with zero attached hydrogens (tertiary/aromatic N) is 2. The molecule has 2 aromatic rings. The van der Waals surface area contributed by atoms with Crippen molar-refractivity contribution in [1.29, 1.82) is 0 Å². The summed E-state index contributed by atoms with van der Waals surface area (Å²) in [6.45, 7) is 2.83. The highest BCUT2D eigenvalue weighted by Gasteiger charge is 2.36. The van der Waals surface area contributed by atoms with Gasteiger partial charge in [0, 0.05) is 25.1 Å². The number of ether oxygens (including phenoxy) is 1. The first-order chi connectivity index (χ1) is 15.1. The molecule has 1 N–H and O–H groups in total. The molecule has 31 heavy (non-hydrogen) atoms. The zero-order valence-electron chi connectivity index (χ0n) is 17.7. The summed E-state index contributed by atoms with van der Waals surface area (Å²) in [7, 11) is 1.67. The highest BCUT2D eigenvalue weighted by atomic mass is 35.5. The second-order valence-corrected chi connectivity index (χ2v) is 8.51. The minimum Gasteiger partial charge on any atom is -0.496 e. The van der Waals surface area contributed by atoms with E-state index in [2.05, 4.69) is 16.3 Å². The summed E-state index contributed by atoms with van der Waals surface area (Å²) >= 11 is 6.26. The lowest BCUT2D eigenvalue weighted by molar-refractivity contribution is -0.126. The number of halogens is 1. The van der Waals surface area contributed by atoms with E-state index in [1.54, 1.807) is 18.1 Å². The number of para-hydroxylation sites is 2. The Hall–Kier alpha value is -2.57. The van der Waals surface area contributed by atoms with Crippen LogP contribution in [0, 0.1) is 5.92 Å². The third-order valence-corrected chi connectivity index (χ3v) is 6.51. The fraction of sp³-hybridized carbons (Fsp3) is 0.417. The summed E-state index contributed by atoms with van der Waals surface area (Å²) in [5.41, 5.74) is 1.74. The van der Waals surface area contributed by atoms with Crippen molar-refractivity contribution in [2.45, 2.75) is 25.3 Å². The second-order valence-electron chi connectivity index (χ2n) is 8.10. The molecular formula is C24H28ClN3O3. The molecule has 2 unspecified atom stereocenters. The lowest BCUT2D eigenvalue weighted by atomic mass is 10.0. The lowest BCUT2D eigenvalue weighted by Gasteiger charge is -2.29. The third kappa shape index (κ3) is 4.70. The first-order valence-electron chi connectivity index (χ1n) is 10.8. The Labute approximate surface area is 188 Å². The zero-order valence-corrected chi connectivity index (χ0v) is 18.5. The molecule has 2 aliphatic heterocycles. The van der Waals surface area contributed by atoms with Crippen molar-refractivity contribution >= 4 is 29.1 Å². The summed E-state index contributed by atoms with van der Waals surface area (Å²) in [5, 5.41) is 3.63. The molecule has 0 aliphatic carbocycles. The third-order valence-electron chi connectivity index (χ3n) is 6.19. The zero-order chi connectivity index (χ0) is 21.8. The Morgan fingerprint density at radius 3 is 2.61 bits per heavy atom. The number of anilines is 1. The molecule has 0 saturated carbocycles. The minimum atomic E-state index is -0.388. The number of rotatable bonds is 7. The number of carbonyl (C=O) groups is 2. The van der Waals surface area contributed by atoms with Crippen LogP contribution in [0.4, 0.5) is 5.69 Å². The summed E-state index contributed by atoms with van der Waals surface area (Å²) in [5.74, 6) is 0.270. The van der Waals surface area contributed by atoms with Crippen LogP contribution < -0.4 is 15.0 Å². The fourth-order valence-electron chi connectivity index (χ4n) is 4.56. The van der Waals surface area contributed by atoms with E-state index in [1.165, 1.54) is 0 Å². The van der Waals surface area contributed by atoms with Gasteiger partial charge < -0.3 is 15.0 Å². The van der Waals surface area contributed by atoms with Crippen LogP contribution in [0.3, 0.4) is 0 Å². The van der Waals surface area contributed by atoms with Gasteiger partial charge in [-0.05, 0) is 44.1 Å². The fourth-order valence-corrected chi connectivity index (χ4v) is 4.80. The van der Waals surface area contributed by atoms with E-state index in [9.17, 15) is 9.59 Å². The molecular weight excluding hydrogens is 414 g/mol. The molecule has 2 heterocycles. The van der Waals surface area contributed by atoms with Crippen molar-refractivity contribution in [1.82, 2.24) is 10.2 Å². The van der Waals surface area contributed by atoms with Gasteiger partial charge in [-0.25, -0.2) is 0 Å². The summed E-state index contributed by atoms with van der Waals surface area (Å²) < 4.78 is 5.58. The number of hydrogen-bond acceptors (Lipinski definition) is 4. The maximum absolute atomic E-state index is 13.0. The normalized spacial score (nSPS) is 20.1. The van der Waals surface area contributed by atoms with Crippen molar-refractivity contribution in [2.75, 3.05) is 38.2 Å². The van der Waals surface area contributed by atoms with E-state index in [0.717, 1.165) is 37.2 Å². The van der Waals surface area contributed by atoms with Crippen molar-refractivity contribution in [3.8, 4) is 5.75 Å². The molecule has 2 amide bonds. The van der Waals surface area contributed by atoms with Crippen molar-refractivity contribution in [3.05, 3.63) is 59.1 Å². The van der Waals surface area contributed by atoms with E-state index < -0.39 is 0 Å². The number of nitrogens with one attached hydrogen (secondary N) is 1. The molecule has 164 valence electrons. The van der Waals surface area contributed by atoms with Gasteiger partial charge in [-0.2, -0.15) is 0 Å². The van der Waals surface area contributed by atoms with E-state index in [-0.39, 0.29) is 30.2 Å². The van der Waals surface area contributed by atoms with E-state index in [0.29, 0.717) is 23.8 Å². The average molecular weight is 442 g/mol. The number of methoxy groups -OCH3 is 1. The van der Waals surface area contributed by atoms with Gasteiger partial charge in [-0.15, -0.1) is 0 Å². The highest BCUT2D eigenvalue weighted by molar-refractivity contribution is 6.33. The van der Waals surface area contributed by atoms with Crippen LogP contribution in [0.1, 0.15) is 30.9 Å². The van der Waals surface area contributed by atoms with Gasteiger partial charge in [0.15, 0.2) is 0 Å². The van der Waals surface area contributed by atoms with Crippen LogP contribution in [0.5, 0.6) is 5.75 Å². The van der Waals surface area contributed by atoms with Crippen LogP contribution in [0.2, 0.25) is 5.02 Å². The van der Waals surface area contributed by atoms with Crippen molar-refractivity contribution in [3.63, 3.8) is 0 Å². The number of carbonyl (C=O) groups excluding carboxylic acids is 2. The molecule has 2 atom stereocenters. The van der Waals surface area contributed by atoms with Gasteiger partial charge in [-0.1, -0.05) is 41.9 Å². The summed E-state index contributed by atoms with van der Waals surface area (Å²) in [6.07, 6.45) is 2.51. The molecule has 4 rings (SSSR count). The average Bonchev–Trinajstić information content (AvgIpc) is 3.45. The standard InChI is InChI=1S/C24H28ClN3O3/c1-31-22-11-5-2-8-18(22)21(27-12-6-7-13-27)15-26-24(30)17-14-23(29)28(16-17)20-10-4-3-9-19(20)25/h2-5,8-11,17,21H,6-7,12-16H2,1H3,(H,26,30). The predicted molar refractivity (Wildman–Crippen MR) is 121 cm³/mol. The van der Waals surface area contributed by atoms with E-state index in [1.807, 2.05) is 36.4 Å². The number of likely N-dealkylation sites (tertiary alicyclic amines) is 1. The maximum atomic E-state index is 13.0. The Morgan fingerprint density at radius 2 is 1.87 bits per heavy atom.